The van der Waals surface area contributed by atoms with E-state index in [1.807, 2.05) is 24.5 Å². The third-order valence-corrected chi connectivity index (χ3v) is 5.01. The number of nitrogens with one attached hydrogen (secondary N) is 2. The minimum Gasteiger partial charge on any atom is -0.384 e. The van der Waals surface area contributed by atoms with Gasteiger partial charge in [0.1, 0.15) is 0 Å². The minimum absolute atomic E-state index is 0.679. The van der Waals surface area contributed by atoms with E-state index in [0.717, 1.165) is 69.9 Å². The van der Waals surface area contributed by atoms with Crippen LogP contribution in [-0.2, 0) is 0 Å². The quantitative estimate of drug-likeness (QED) is 0.278. The first-order valence-electron chi connectivity index (χ1n) is 9.80. The van der Waals surface area contributed by atoms with Gasteiger partial charge in [-0.2, -0.15) is 0 Å². The predicted molar refractivity (Wildman–Crippen MR) is 119 cm³/mol. The second-order valence-corrected chi connectivity index (χ2v) is 6.87. The number of fused-ring (bicyclic) bond motifs is 5. The molecule has 6 N–H and O–H groups in total. The Morgan fingerprint density at radius 1 is 0.607 bits per heavy atom. The fourth-order valence-electron chi connectivity index (χ4n) is 3.60. The van der Waals surface area contributed by atoms with Gasteiger partial charge in [-0.15, -0.1) is 0 Å². The van der Waals surface area contributed by atoms with Crippen molar-refractivity contribution in [2.45, 2.75) is 12.8 Å². The first-order valence-corrected chi connectivity index (χ1v) is 9.80. The van der Waals surface area contributed by atoms with Crippen molar-refractivity contribution in [2.75, 3.05) is 36.8 Å². The zero-order valence-electron chi connectivity index (χ0n) is 15.9. The van der Waals surface area contributed by atoms with Gasteiger partial charge in [0.15, 0.2) is 0 Å². The van der Waals surface area contributed by atoms with Crippen molar-refractivity contribution in [1.82, 2.24) is 9.97 Å². The number of benzene rings is 2. The fraction of sp³-hybridized carbons (Fsp3) is 0.273. The van der Waals surface area contributed by atoms with Crippen LogP contribution in [0.15, 0.2) is 48.8 Å². The summed E-state index contributed by atoms with van der Waals surface area (Å²) in [5, 5.41) is 11.4. The maximum Gasteiger partial charge on any atom is 0.0801 e. The Hall–Kier alpha value is -2.96. The van der Waals surface area contributed by atoms with E-state index in [1.165, 1.54) is 0 Å². The zero-order valence-corrected chi connectivity index (χ0v) is 15.9. The number of anilines is 2. The Bertz CT molecular complexity index is 1020. The van der Waals surface area contributed by atoms with Gasteiger partial charge >= 0.3 is 0 Å². The lowest BCUT2D eigenvalue weighted by molar-refractivity contribution is 0.875. The summed E-state index contributed by atoms with van der Waals surface area (Å²) in [7, 11) is 0. The topological polar surface area (TPSA) is 102 Å². The molecule has 0 unspecified atom stereocenters. The molecule has 0 aliphatic carbocycles. The van der Waals surface area contributed by atoms with Crippen LogP contribution in [0.2, 0.25) is 0 Å². The molecule has 0 bridgehead atoms. The number of nitrogens with zero attached hydrogens (tertiary/aromatic N) is 2. The molecule has 2 aromatic heterocycles. The van der Waals surface area contributed by atoms with Crippen LogP contribution in [0, 0.1) is 0 Å². The molecule has 0 atom stereocenters. The van der Waals surface area contributed by atoms with E-state index in [1.54, 1.807) is 0 Å². The van der Waals surface area contributed by atoms with E-state index in [2.05, 4.69) is 44.9 Å². The van der Waals surface area contributed by atoms with Gasteiger partial charge in [0.25, 0.3) is 0 Å². The van der Waals surface area contributed by atoms with Gasteiger partial charge in [0, 0.05) is 58.4 Å². The van der Waals surface area contributed by atoms with Gasteiger partial charge in [0.05, 0.1) is 11.0 Å². The molecule has 4 aromatic rings. The Kier molecular flexibility index (Phi) is 5.50. The summed E-state index contributed by atoms with van der Waals surface area (Å²) in [6.07, 6.45) is 5.59. The first-order chi connectivity index (χ1) is 13.8. The lowest BCUT2D eigenvalue weighted by Gasteiger charge is -2.13. The Labute approximate surface area is 164 Å². The van der Waals surface area contributed by atoms with E-state index >= 15 is 0 Å². The number of pyridine rings is 2. The SMILES string of the molecule is NCCCNc1ccnc2c1ccc1c2ccc2c(NCCCN)ccnc21. The van der Waals surface area contributed by atoms with Crippen molar-refractivity contribution in [1.29, 1.82) is 0 Å². The standard InChI is InChI=1S/C22H26N6/c23-9-1-11-25-19-7-13-27-21-15-4-6-18-20(26-12-2-10-24)8-14-28-22(18)16(15)3-5-17(19)21/h3-8,13-14H,1-2,9-12,23-24H2,(H,25,27)(H,26,28). The highest BCUT2D eigenvalue weighted by Gasteiger charge is 2.11. The first kappa shape index (κ1) is 18.4. The van der Waals surface area contributed by atoms with Crippen molar-refractivity contribution in [3.63, 3.8) is 0 Å². The second-order valence-electron chi connectivity index (χ2n) is 6.87. The van der Waals surface area contributed by atoms with E-state index in [0.29, 0.717) is 13.1 Å². The molecule has 0 saturated heterocycles. The fourth-order valence-corrected chi connectivity index (χ4v) is 3.60. The molecule has 144 valence electrons. The molecule has 0 radical (unpaired) electrons. The second kappa shape index (κ2) is 8.37. The Morgan fingerprint density at radius 2 is 1.04 bits per heavy atom. The molecule has 6 heteroatoms. The third kappa shape index (κ3) is 3.44. The number of aromatic nitrogens is 2. The Morgan fingerprint density at radius 3 is 1.46 bits per heavy atom. The van der Waals surface area contributed by atoms with Crippen molar-refractivity contribution < 1.29 is 0 Å². The minimum atomic E-state index is 0.679. The van der Waals surface area contributed by atoms with Gasteiger partial charge in [-0.3, -0.25) is 9.97 Å². The van der Waals surface area contributed by atoms with Crippen molar-refractivity contribution in [3.05, 3.63) is 48.8 Å². The predicted octanol–water partition coefficient (Wildman–Crippen LogP) is 3.46. The summed E-state index contributed by atoms with van der Waals surface area (Å²) in [5.74, 6) is 0. The van der Waals surface area contributed by atoms with Gasteiger partial charge in [-0.1, -0.05) is 24.3 Å². The summed E-state index contributed by atoms with van der Waals surface area (Å²) >= 11 is 0. The zero-order chi connectivity index (χ0) is 19.3. The molecule has 0 saturated carbocycles. The molecule has 2 aromatic carbocycles. The molecular weight excluding hydrogens is 348 g/mol. The molecular formula is C22H26N6. The summed E-state index contributed by atoms with van der Waals surface area (Å²) in [5.41, 5.74) is 15.4. The molecule has 2 heterocycles. The molecule has 0 aliphatic rings. The van der Waals surface area contributed by atoms with E-state index in [4.69, 9.17) is 11.5 Å². The summed E-state index contributed by atoms with van der Waals surface area (Å²) in [6, 6.07) is 12.6. The summed E-state index contributed by atoms with van der Waals surface area (Å²) in [6.45, 7) is 3.06. The van der Waals surface area contributed by atoms with Crippen LogP contribution >= 0.6 is 0 Å². The monoisotopic (exact) mass is 374 g/mol. The van der Waals surface area contributed by atoms with Crippen LogP contribution in [0.4, 0.5) is 11.4 Å². The van der Waals surface area contributed by atoms with Gasteiger partial charge in [0.2, 0.25) is 0 Å². The van der Waals surface area contributed by atoms with Crippen LogP contribution < -0.4 is 22.1 Å². The van der Waals surface area contributed by atoms with Crippen LogP contribution in [0.25, 0.3) is 32.6 Å². The smallest absolute Gasteiger partial charge is 0.0801 e. The normalized spacial score (nSPS) is 11.4. The van der Waals surface area contributed by atoms with E-state index in [-0.39, 0.29) is 0 Å². The average molecular weight is 374 g/mol. The molecule has 28 heavy (non-hydrogen) atoms. The van der Waals surface area contributed by atoms with Crippen molar-refractivity contribution >= 4 is 44.0 Å². The maximum atomic E-state index is 5.61. The Balaban J connectivity index is 1.82. The van der Waals surface area contributed by atoms with Crippen LogP contribution in [0.1, 0.15) is 12.8 Å². The van der Waals surface area contributed by atoms with E-state index in [9.17, 15) is 0 Å². The lowest BCUT2D eigenvalue weighted by Crippen LogP contribution is -2.09. The van der Waals surface area contributed by atoms with Gasteiger partial charge in [-0.25, -0.2) is 0 Å². The maximum absolute atomic E-state index is 5.61. The highest BCUT2D eigenvalue weighted by atomic mass is 14.9. The molecule has 0 spiro atoms. The molecule has 0 fully saturated rings. The van der Waals surface area contributed by atoms with Gasteiger partial charge < -0.3 is 22.1 Å². The lowest BCUT2D eigenvalue weighted by atomic mass is 10.0. The molecule has 6 nitrogen and oxygen atoms in total. The van der Waals surface area contributed by atoms with E-state index < -0.39 is 0 Å². The highest BCUT2D eigenvalue weighted by Crippen LogP contribution is 2.34. The number of hydrogen-bond acceptors (Lipinski definition) is 6. The average Bonchev–Trinajstić information content (AvgIpc) is 2.74. The largest absolute Gasteiger partial charge is 0.384 e. The van der Waals surface area contributed by atoms with Crippen LogP contribution in [0.3, 0.4) is 0 Å². The molecule has 0 aliphatic heterocycles. The highest BCUT2D eigenvalue weighted by molar-refractivity contribution is 6.18. The van der Waals surface area contributed by atoms with Crippen LogP contribution in [-0.4, -0.2) is 36.1 Å². The summed E-state index contributed by atoms with van der Waals surface area (Å²) in [4.78, 5) is 9.33. The number of hydrogen-bond donors (Lipinski definition) is 4. The summed E-state index contributed by atoms with van der Waals surface area (Å²) < 4.78 is 0. The third-order valence-electron chi connectivity index (χ3n) is 5.01. The van der Waals surface area contributed by atoms with Crippen molar-refractivity contribution in [2.24, 2.45) is 11.5 Å². The molecule has 4 rings (SSSR count). The van der Waals surface area contributed by atoms with Crippen molar-refractivity contribution in [3.8, 4) is 0 Å². The van der Waals surface area contributed by atoms with Gasteiger partial charge in [-0.05, 0) is 38.1 Å². The van der Waals surface area contributed by atoms with Crippen LogP contribution in [0.5, 0.6) is 0 Å². The molecule has 0 amide bonds. The number of rotatable bonds is 8. The number of nitrogens with two attached hydrogens (primary N) is 2.